The molecular formula is C16H22N2O6S. The zero-order valence-electron chi connectivity index (χ0n) is 14.4. The summed E-state index contributed by atoms with van der Waals surface area (Å²) < 4.78 is 37.0. The molecule has 0 aliphatic carbocycles. The number of anilines is 1. The van der Waals surface area contributed by atoms with Crippen LogP contribution in [-0.4, -0.2) is 50.4 Å². The Bertz CT molecular complexity index is 762. The van der Waals surface area contributed by atoms with E-state index in [0.29, 0.717) is 11.4 Å². The predicted molar refractivity (Wildman–Crippen MR) is 90.8 cm³/mol. The van der Waals surface area contributed by atoms with Crippen molar-refractivity contribution in [1.82, 2.24) is 4.31 Å². The van der Waals surface area contributed by atoms with E-state index in [1.54, 1.807) is 20.8 Å². The van der Waals surface area contributed by atoms with Gasteiger partial charge in [0.05, 0.1) is 23.6 Å². The fraction of sp³-hybridized carbons (Fsp3) is 0.500. The standard InChI is InChI=1S/C16H22N2O6S/c1-4-18(9-8-15(19)23-5-2)25(21,22)12-6-7-14-13(10-12)17-16(20)11(3)24-14/h6-7,10-11H,4-5,8-9H2,1-3H3,(H,17,20). The number of carbonyl (C=O) groups is 2. The molecule has 0 bridgehead atoms. The molecule has 0 saturated carbocycles. The molecule has 1 atom stereocenters. The lowest BCUT2D eigenvalue weighted by Gasteiger charge is -2.25. The van der Waals surface area contributed by atoms with Crippen molar-refractivity contribution in [3.8, 4) is 5.75 Å². The van der Waals surface area contributed by atoms with Gasteiger partial charge in [0, 0.05) is 13.1 Å². The summed E-state index contributed by atoms with van der Waals surface area (Å²) in [4.78, 5) is 23.2. The lowest BCUT2D eigenvalue weighted by Crippen LogP contribution is -2.35. The Morgan fingerprint density at radius 3 is 2.72 bits per heavy atom. The van der Waals surface area contributed by atoms with E-state index in [2.05, 4.69) is 5.32 Å². The van der Waals surface area contributed by atoms with Gasteiger partial charge in [-0.15, -0.1) is 0 Å². The smallest absolute Gasteiger partial charge is 0.307 e. The van der Waals surface area contributed by atoms with Gasteiger partial charge in [-0.25, -0.2) is 8.42 Å². The van der Waals surface area contributed by atoms with Gasteiger partial charge in [0.15, 0.2) is 6.10 Å². The van der Waals surface area contributed by atoms with Gasteiger partial charge in [0.1, 0.15) is 5.75 Å². The fourth-order valence-corrected chi connectivity index (χ4v) is 3.87. The number of fused-ring (bicyclic) bond motifs is 1. The summed E-state index contributed by atoms with van der Waals surface area (Å²) in [6.07, 6.45) is -0.657. The van der Waals surface area contributed by atoms with Crippen molar-refractivity contribution in [3.63, 3.8) is 0 Å². The van der Waals surface area contributed by atoms with Gasteiger partial charge in [-0.2, -0.15) is 4.31 Å². The molecule has 1 aliphatic rings. The van der Waals surface area contributed by atoms with Crippen molar-refractivity contribution >= 4 is 27.6 Å². The van der Waals surface area contributed by atoms with Crippen LogP contribution in [0, 0.1) is 0 Å². The van der Waals surface area contributed by atoms with E-state index in [1.807, 2.05) is 0 Å². The first kappa shape index (κ1) is 19.2. The Morgan fingerprint density at radius 1 is 1.36 bits per heavy atom. The predicted octanol–water partition coefficient (Wildman–Crippen LogP) is 1.37. The third-order valence-electron chi connectivity index (χ3n) is 3.74. The van der Waals surface area contributed by atoms with Crippen LogP contribution in [0.15, 0.2) is 23.1 Å². The number of hydrogen-bond acceptors (Lipinski definition) is 6. The molecule has 25 heavy (non-hydrogen) atoms. The Balaban J connectivity index is 2.21. The van der Waals surface area contributed by atoms with E-state index in [0.717, 1.165) is 0 Å². The number of rotatable bonds is 7. The molecule has 1 amide bonds. The number of carbonyl (C=O) groups excluding carboxylic acids is 2. The molecule has 0 fully saturated rings. The molecule has 0 aromatic heterocycles. The van der Waals surface area contributed by atoms with E-state index in [1.165, 1.54) is 22.5 Å². The van der Waals surface area contributed by atoms with Crippen molar-refractivity contribution in [2.24, 2.45) is 0 Å². The van der Waals surface area contributed by atoms with Crippen LogP contribution in [0.2, 0.25) is 0 Å². The largest absolute Gasteiger partial charge is 0.479 e. The molecule has 138 valence electrons. The summed E-state index contributed by atoms with van der Waals surface area (Å²) in [7, 11) is -3.81. The summed E-state index contributed by atoms with van der Waals surface area (Å²) in [6.45, 7) is 5.47. The summed E-state index contributed by atoms with van der Waals surface area (Å²) >= 11 is 0. The highest BCUT2D eigenvalue weighted by atomic mass is 32.2. The van der Waals surface area contributed by atoms with Crippen molar-refractivity contribution in [2.45, 2.75) is 38.2 Å². The maximum Gasteiger partial charge on any atom is 0.307 e. The second kappa shape index (κ2) is 7.83. The van der Waals surface area contributed by atoms with Crippen LogP contribution in [-0.2, 0) is 24.3 Å². The third-order valence-corrected chi connectivity index (χ3v) is 5.71. The Hall–Kier alpha value is -2.13. The third kappa shape index (κ3) is 4.29. The first-order chi connectivity index (χ1) is 11.8. The number of benzene rings is 1. The van der Waals surface area contributed by atoms with Crippen LogP contribution in [0.4, 0.5) is 5.69 Å². The monoisotopic (exact) mass is 370 g/mol. The number of nitrogens with zero attached hydrogens (tertiary/aromatic N) is 1. The molecule has 0 spiro atoms. The topological polar surface area (TPSA) is 102 Å². The number of sulfonamides is 1. The van der Waals surface area contributed by atoms with Crippen molar-refractivity contribution in [1.29, 1.82) is 0 Å². The molecule has 2 rings (SSSR count). The van der Waals surface area contributed by atoms with Crippen LogP contribution >= 0.6 is 0 Å². The molecule has 1 heterocycles. The second-order valence-electron chi connectivity index (χ2n) is 5.46. The zero-order chi connectivity index (χ0) is 18.6. The highest BCUT2D eigenvalue weighted by molar-refractivity contribution is 7.89. The van der Waals surface area contributed by atoms with E-state index in [9.17, 15) is 18.0 Å². The van der Waals surface area contributed by atoms with E-state index in [-0.39, 0.29) is 36.9 Å². The zero-order valence-corrected chi connectivity index (χ0v) is 15.3. The molecule has 1 unspecified atom stereocenters. The van der Waals surface area contributed by atoms with Crippen LogP contribution in [0.1, 0.15) is 27.2 Å². The molecule has 9 heteroatoms. The van der Waals surface area contributed by atoms with Crippen LogP contribution < -0.4 is 10.1 Å². The maximum atomic E-state index is 12.8. The van der Waals surface area contributed by atoms with Gasteiger partial charge >= 0.3 is 5.97 Å². The van der Waals surface area contributed by atoms with Crippen LogP contribution in [0.3, 0.4) is 0 Å². The molecule has 8 nitrogen and oxygen atoms in total. The van der Waals surface area contributed by atoms with Gasteiger partial charge in [-0.3, -0.25) is 9.59 Å². The quantitative estimate of drug-likeness (QED) is 0.728. The highest BCUT2D eigenvalue weighted by Crippen LogP contribution is 2.32. The number of hydrogen-bond donors (Lipinski definition) is 1. The van der Waals surface area contributed by atoms with Gasteiger partial charge in [-0.05, 0) is 32.0 Å². The average Bonchev–Trinajstić information content (AvgIpc) is 2.56. The normalized spacial score (nSPS) is 16.8. The van der Waals surface area contributed by atoms with Crippen molar-refractivity contribution in [2.75, 3.05) is 25.0 Å². The number of nitrogens with one attached hydrogen (secondary N) is 1. The fourth-order valence-electron chi connectivity index (χ4n) is 2.39. The molecule has 1 aromatic carbocycles. The molecule has 0 radical (unpaired) electrons. The summed E-state index contributed by atoms with van der Waals surface area (Å²) in [5, 5.41) is 2.63. The lowest BCUT2D eigenvalue weighted by molar-refractivity contribution is -0.143. The highest BCUT2D eigenvalue weighted by Gasteiger charge is 2.28. The maximum absolute atomic E-state index is 12.8. The van der Waals surface area contributed by atoms with E-state index < -0.39 is 22.1 Å². The Labute approximate surface area is 147 Å². The lowest BCUT2D eigenvalue weighted by atomic mass is 10.2. The van der Waals surface area contributed by atoms with Gasteiger partial charge in [-0.1, -0.05) is 6.92 Å². The van der Waals surface area contributed by atoms with Gasteiger partial charge in [0.25, 0.3) is 5.91 Å². The van der Waals surface area contributed by atoms with Crippen molar-refractivity contribution in [3.05, 3.63) is 18.2 Å². The minimum absolute atomic E-state index is 0.0225. The minimum Gasteiger partial charge on any atom is -0.479 e. The SMILES string of the molecule is CCOC(=O)CCN(CC)S(=O)(=O)c1ccc2c(c1)NC(=O)C(C)O2. The molecule has 1 N–H and O–H groups in total. The molecular weight excluding hydrogens is 348 g/mol. The van der Waals surface area contributed by atoms with E-state index >= 15 is 0 Å². The Kier molecular flexibility index (Phi) is 6.02. The first-order valence-electron chi connectivity index (χ1n) is 8.07. The molecule has 1 aliphatic heterocycles. The number of ether oxygens (including phenoxy) is 2. The summed E-state index contributed by atoms with van der Waals surface area (Å²) in [6, 6.07) is 4.30. The molecule has 0 saturated heterocycles. The second-order valence-corrected chi connectivity index (χ2v) is 7.40. The molecule has 1 aromatic rings. The number of esters is 1. The minimum atomic E-state index is -3.81. The first-order valence-corrected chi connectivity index (χ1v) is 9.51. The van der Waals surface area contributed by atoms with Crippen molar-refractivity contribution < 1.29 is 27.5 Å². The summed E-state index contributed by atoms with van der Waals surface area (Å²) in [5.74, 6) is -0.367. The van der Waals surface area contributed by atoms with Crippen LogP contribution in [0.5, 0.6) is 5.75 Å². The van der Waals surface area contributed by atoms with E-state index in [4.69, 9.17) is 9.47 Å². The number of amides is 1. The average molecular weight is 370 g/mol. The van der Waals surface area contributed by atoms with Crippen LogP contribution in [0.25, 0.3) is 0 Å². The van der Waals surface area contributed by atoms with Gasteiger partial charge in [0.2, 0.25) is 10.0 Å². The Morgan fingerprint density at radius 2 is 2.08 bits per heavy atom. The van der Waals surface area contributed by atoms with Gasteiger partial charge < -0.3 is 14.8 Å². The summed E-state index contributed by atoms with van der Waals surface area (Å²) in [5.41, 5.74) is 0.311.